The fourth-order valence-electron chi connectivity index (χ4n) is 5.42. The average molecular weight is 597 g/mol. The van der Waals surface area contributed by atoms with Crippen LogP contribution in [0, 0.1) is 6.92 Å². The second kappa shape index (κ2) is 12.4. The number of anilines is 2. The summed E-state index contributed by atoms with van der Waals surface area (Å²) in [6.45, 7) is 9.46. The van der Waals surface area contributed by atoms with Crippen LogP contribution in [-0.4, -0.2) is 79.2 Å². The number of thiophene rings is 1. The fraction of sp³-hybridized carbons (Fsp3) is 0.533. The van der Waals surface area contributed by atoms with Gasteiger partial charge in [-0.3, -0.25) is 4.79 Å². The molecule has 0 bridgehead atoms. The molecule has 4 N–H and O–H groups in total. The van der Waals surface area contributed by atoms with Crippen molar-refractivity contribution in [2.45, 2.75) is 70.7 Å². The Hall–Kier alpha value is -3.48. The van der Waals surface area contributed by atoms with Crippen LogP contribution in [0.4, 0.5) is 16.3 Å². The van der Waals surface area contributed by atoms with E-state index in [4.69, 9.17) is 24.9 Å². The third-order valence-electron chi connectivity index (χ3n) is 7.44. The number of carbonyl (C=O) groups excluding carboxylic acids is 2. The number of alkyl carbamates (subject to hydrolysis) is 1. The third kappa shape index (κ3) is 6.93. The van der Waals surface area contributed by atoms with E-state index in [2.05, 4.69) is 26.6 Å². The number of hydrogen-bond acceptors (Lipinski definition) is 10. The van der Waals surface area contributed by atoms with Gasteiger partial charge in [-0.25, -0.2) is 14.8 Å². The maximum Gasteiger partial charge on any atom is 0.408 e. The first-order chi connectivity index (χ1) is 20.0. The molecule has 1 saturated heterocycles. The van der Waals surface area contributed by atoms with Gasteiger partial charge in [-0.1, -0.05) is 6.07 Å². The maximum atomic E-state index is 13.1. The zero-order valence-electron chi connectivity index (χ0n) is 24.9. The molecular formula is C30H40N6O5S. The van der Waals surface area contributed by atoms with Gasteiger partial charge < -0.3 is 35.5 Å². The number of rotatable bonds is 8. The molecule has 0 saturated carbocycles. The Morgan fingerprint density at radius 2 is 1.93 bits per heavy atom. The summed E-state index contributed by atoms with van der Waals surface area (Å²) in [5.74, 6) is 0.678. The van der Waals surface area contributed by atoms with Crippen molar-refractivity contribution in [2.75, 3.05) is 44.0 Å². The molecule has 0 aromatic carbocycles. The number of hydrogen-bond donors (Lipinski definition) is 3. The molecule has 2 unspecified atom stereocenters. The highest BCUT2D eigenvalue weighted by Gasteiger charge is 2.37. The van der Waals surface area contributed by atoms with Gasteiger partial charge in [0.2, 0.25) is 0 Å². The van der Waals surface area contributed by atoms with Crippen LogP contribution in [0.3, 0.4) is 0 Å². The summed E-state index contributed by atoms with van der Waals surface area (Å²) in [5.41, 5.74) is 9.24. The molecule has 5 rings (SSSR count). The second-order valence-corrected chi connectivity index (χ2v) is 12.9. The summed E-state index contributed by atoms with van der Waals surface area (Å²) in [4.78, 5) is 38.6. The molecule has 2 aliphatic rings. The number of methoxy groups -OCH3 is 1. The van der Waals surface area contributed by atoms with Crippen LogP contribution >= 0.6 is 11.3 Å². The largest absolute Gasteiger partial charge is 0.444 e. The van der Waals surface area contributed by atoms with E-state index in [-0.39, 0.29) is 24.1 Å². The van der Waals surface area contributed by atoms with Crippen molar-refractivity contribution in [3.8, 4) is 0 Å². The Balaban J connectivity index is 1.23. The predicted octanol–water partition coefficient (Wildman–Crippen LogP) is 3.61. The zero-order valence-corrected chi connectivity index (χ0v) is 25.7. The SMILES string of the molecule is COCCOC1CN(c2ccc3c(n2)CC[C@H](NC(=O)c2sc4nc(C)ccc4c2N)C3)CC1NC(=O)OC(C)(C)C. The average Bonchev–Trinajstić information content (AvgIpc) is 3.47. The summed E-state index contributed by atoms with van der Waals surface area (Å²) < 4.78 is 16.7. The Morgan fingerprint density at radius 3 is 2.69 bits per heavy atom. The van der Waals surface area contributed by atoms with Gasteiger partial charge in [0.25, 0.3) is 5.91 Å². The van der Waals surface area contributed by atoms with Crippen molar-refractivity contribution >= 4 is 45.1 Å². The Labute approximate surface area is 250 Å². The van der Waals surface area contributed by atoms with Gasteiger partial charge in [-0.05, 0) is 70.7 Å². The number of amides is 2. The van der Waals surface area contributed by atoms with Crippen LogP contribution in [0.15, 0.2) is 24.3 Å². The number of pyridine rings is 2. The van der Waals surface area contributed by atoms with Crippen molar-refractivity contribution < 1.29 is 23.8 Å². The van der Waals surface area contributed by atoms with Gasteiger partial charge in [0.15, 0.2) is 0 Å². The Bertz CT molecular complexity index is 1450. The van der Waals surface area contributed by atoms with Crippen LogP contribution < -0.4 is 21.3 Å². The number of nitrogens with zero attached hydrogens (tertiary/aromatic N) is 3. The molecule has 42 heavy (non-hydrogen) atoms. The van der Waals surface area contributed by atoms with Gasteiger partial charge >= 0.3 is 6.09 Å². The number of nitrogens with one attached hydrogen (secondary N) is 2. The van der Waals surface area contributed by atoms with Gasteiger partial charge in [0.05, 0.1) is 31.0 Å². The molecule has 2 amide bonds. The highest BCUT2D eigenvalue weighted by atomic mass is 32.1. The number of nitrogen functional groups attached to an aromatic ring is 1. The molecule has 3 aromatic heterocycles. The maximum absolute atomic E-state index is 13.1. The van der Waals surface area contributed by atoms with E-state index in [9.17, 15) is 9.59 Å². The molecule has 0 radical (unpaired) electrons. The van der Waals surface area contributed by atoms with E-state index in [1.165, 1.54) is 11.3 Å². The molecule has 1 aliphatic heterocycles. The van der Waals surface area contributed by atoms with Crippen molar-refractivity contribution in [3.63, 3.8) is 0 Å². The number of carbonyl (C=O) groups is 2. The minimum Gasteiger partial charge on any atom is -0.444 e. The van der Waals surface area contributed by atoms with E-state index >= 15 is 0 Å². The lowest BCUT2D eigenvalue weighted by molar-refractivity contribution is 0.00946. The summed E-state index contributed by atoms with van der Waals surface area (Å²) >= 11 is 1.33. The van der Waals surface area contributed by atoms with Gasteiger partial charge in [0, 0.05) is 43.0 Å². The first-order valence-corrected chi connectivity index (χ1v) is 15.1. The molecule has 226 valence electrons. The topological polar surface area (TPSA) is 141 Å². The minimum atomic E-state index is -0.590. The van der Waals surface area contributed by atoms with Crippen molar-refractivity contribution in [1.82, 2.24) is 20.6 Å². The van der Waals surface area contributed by atoms with E-state index in [0.29, 0.717) is 43.3 Å². The summed E-state index contributed by atoms with van der Waals surface area (Å²) in [6, 6.07) is 7.65. The van der Waals surface area contributed by atoms with Crippen molar-refractivity contribution in [3.05, 3.63) is 46.1 Å². The first kappa shape index (κ1) is 30.0. The highest BCUT2D eigenvalue weighted by molar-refractivity contribution is 7.21. The smallest absolute Gasteiger partial charge is 0.408 e. The summed E-state index contributed by atoms with van der Waals surface area (Å²) in [7, 11) is 1.63. The molecular weight excluding hydrogens is 556 g/mol. The van der Waals surface area contributed by atoms with E-state index in [1.54, 1.807) is 7.11 Å². The normalized spacial score (nSPS) is 20.4. The third-order valence-corrected chi connectivity index (χ3v) is 8.55. The van der Waals surface area contributed by atoms with Crippen LogP contribution in [0.25, 0.3) is 10.2 Å². The van der Waals surface area contributed by atoms with Crippen LogP contribution in [0.1, 0.15) is 53.8 Å². The monoisotopic (exact) mass is 596 g/mol. The van der Waals surface area contributed by atoms with Gasteiger partial charge in [-0.2, -0.15) is 0 Å². The van der Waals surface area contributed by atoms with Gasteiger partial charge in [-0.15, -0.1) is 11.3 Å². The lowest BCUT2D eigenvalue weighted by atomic mass is 9.91. The van der Waals surface area contributed by atoms with E-state index in [0.717, 1.165) is 45.8 Å². The minimum absolute atomic E-state index is 0.00952. The van der Waals surface area contributed by atoms with Crippen LogP contribution in [0.2, 0.25) is 0 Å². The number of fused-ring (bicyclic) bond motifs is 2. The standard InChI is InChI=1S/C30H40N6O5S/c1-17-6-9-20-25(31)26(42-28(20)32-17)27(37)33-19-8-10-21-18(14-19)7-11-24(34-21)36-15-22(23(16-36)40-13-12-39-5)35-29(38)41-30(2,3)4/h6-7,9,11,19,22-23H,8,10,12-16,31H2,1-5H3,(H,33,37)(H,35,38)/t19-,22?,23?/m0/s1. The van der Waals surface area contributed by atoms with E-state index in [1.807, 2.05) is 45.9 Å². The van der Waals surface area contributed by atoms with Crippen molar-refractivity contribution in [1.29, 1.82) is 0 Å². The lowest BCUT2D eigenvalue weighted by Crippen LogP contribution is -2.46. The zero-order chi connectivity index (χ0) is 30.0. The van der Waals surface area contributed by atoms with Crippen LogP contribution in [-0.2, 0) is 27.1 Å². The number of aromatic nitrogens is 2. The molecule has 12 heteroatoms. The molecule has 3 aromatic rings. The molecule has 1 aliphatic carbocycles. The first-order valence-electron chi connectivity index (χ1n) is 14.3. The number of aryl methyl sites for hydroxylation is 2. The Kier molecular flexibility index (Phi) is 8.86. The quantitative estimate of drug-likeness (QED) is 0.333. The molecule has 0 spiro atoms. The molecule has 4 heterocycles. The number of ether oxygens (including phenoxy) is 3. The fourth-order valence-corrected chi connectivity index (χ4v) is 6.46. The molecule has 11 nitrogen and oxygen atoms in total. The highest BCUT2D eigenvalue weighted by Crippen LogP contribution is 2.33. The lowest BCUT2D eigenvalue weighted by Gasteiger charge is -2.26. The molecule has 3 atom stereocenters. The van der Waals surface area contributed by atoms with E-state index < -0.39 is 11.7 Å². The van der Waals surface area contributed by atoms with Crippen molar-refractivity contribution in [2.24, 2.45) is 0 Å². The second-order valence-electron chi connectivity index (χ2n) is 11.9. The number of nitrogens with two attached hydrogens (primary N) is 1. The summed E-state index contributed by atoms with van der Waals surface area (Å²) in [6.07, 6.45) is 1.53. The molecule has 1 fully saturated rings. The summed E-state index contributed by atoms with van der Waals surface area (Å²) in [5, 5.41) is 6.98. The Morgan fingerprint density at radius 1 is 1.12 bits per heavy atom. The van der Waals surface area contributed by atoms with Gasteiger partial charge in [0.1, 0.15) is 21.1 Å². The van der Waals surface area contributed by atoms with Crippen LogP contribution in [0.5, 0.6) is 0 Å². The predicted molar refractivity (Wildman–Crippen MR) is 163 cm³/mol.